The topological polar surface area (TPSA) is 81.7 Å². The number of anilines is 2. The van der Waals surface area contributed by atoms with Crippen molar-refractivity contribution in [1.82, 2.24) is 19.7 Å². The second-order valence-electron chi connectivity index (χ2n) is 5.49. The number of rotatable bonds is 3. The molecule has 116 valence electrons. The molecular weight excluding hydrogens is 308 g/mol. The number of aromatic nitrogens is 4. The number of nitrogens with zero attached hydrogens (tertiary/aromatic N) is 4. The molecule has 0 aliphatic rings. The molecule has 7 heteroatoms. The van der Waals surface area contributed by atoms with E-state index >= 15 is 0 Å². The minimum absolute atomic E-state index is 0.101. The van der Waals surface area contributed by atoms with Gasteiger partial charge in [0.25, 0.3) is 0 Å². The van der Waals surface area contributed by atoms with Gasteiger partial charge in [-0.05, 0) is 29.3 Å². The van der Waals surface area contributed by atoms with Gasteiger partial charge in [0, 0.05) is 11.7 Å². The van der Waals surface area contributed by atoms with Crippen LogP contribution < -0.4 is 11.1 Å². The van der Waals surface area contributed by atoms with Gasteiger partial charge in [-0.3, -0.25) is 4.68 Å². The van der Waals surface area contributed by atoms with Crippen LogP contribution >= 0.6 is 11.3 Å². The zero-order chi connectivity index (χ0) is 16.0. The van der Waals surface area contributed by atoms with E-state index in [4.69, 9.17) is 5.73 Å². The first-order valence-corrected chi connectivity index (χ1v) is 8.19. The first-order valence-electron chi connectivity index (χ1n) is 7.31. The number of hydrogen-bond acceptors (Lipinski definition) is 6. The van der Waals surface area contributed by atoms with E-state index in [2.05, 4.69) is 57.0 Å². The molecular formula is C16H16N6S. The van der Waals surface area contributed by atoms with Crippen molar-refractivity contribution in [2.24, 2.45) is 7.05 Å². The Hall–Kier alpha value is -2.67. The summed E-state index contributed by atoms with van der Waals surface area (Å²) >= 11 is 1.75. The van der Waals surface area contributed by atoms with Gasteiger partial charge in [0.15, 0.2) is 5.65 Å². The smallest absolute Gasteiger partial charge is 0.224 e. The first-order chi connectivity index (χ1) is 11.1. The van der Waals surface area contributed by atoms with Crippen LogP contribution in [0.5, 0.6) is 0 Å². The fraction of sp³-hybridized carbons (Fsp3) is 0.188. The fourth-order valence-electron chi connectivity index (χ4n) is 2.77. The Labute approximate surface area is 137 Å². The average molecular weight is 324 g/mol. The molecule has 0 amide bonds. The molecule has 4 aromatic rings. The van der Waals surface area contributed by atoms with Gasteiger partial charge in [0.05, 0.1) is 17.6 Å². The maximum absolute atomic E-state index is 5.84. The molecule has 1 atom stereocenters. The number of benzene rings is 1. The largest absolute Gasteiger partial charge is 0.368 e. The third-order valence-corrected chi connectivity index (χ3v) is 4.92. The lowest BCUT2D eigenvalue weighted by atomic mass is 10.1. The summed E-state index contributed by atoms with van der Waals surface area (Å²) in [5.41, 5.74) is 7.81. The number of aryl methyl sites for hydroxylation is 1. The van der Waals surface area contributed by atoms with Crippen molar-refractivity contribution in [2.45, 2.75) is 13.0 Å². The molecule has 23 heavy (non-hydrogen) atoms. The molecule has 0 spiro atoms. The summed E-state index contributed by atoms with van der Waals surface area (Å²) in [7, 11) is 1.84. The Morgan fingerprint density at radius 1 is 1.22 bits per heavy atom. The second-order valence-corrected chi connectivity index (χ2v) is 6.40. The summed E-state index contributed by atoms with van der Waals surface area (Å²) in [6, 6.07) is 8.51. The monoisotopic (exact) mass is 324 g/mol. The summed E-state index contributed by atoms with van der Waals surface area (Å²) in [4.78, 5) is 8.60. The Balaban J connectivity index is 1.75. The van der Waals surface area contributed by atoms with Crippen molar-refractivity contribution in [3.05, 3.63) is 41.4 Å². The van der Waals surface area contributed by atoms with Crippen LogP contribution in [0.15, 0.2) is 35.8 Å². The molecule has 3 N–H and O–H groups in total. The number of nitrogens with two attached hydrogens (primary N) is 1. The maximum Gasteiger partial charge on any atom is 0.224 e. The van der Waals surface area contributed by atoms with Gasteiger partial charge in [0.2, 0.25) is 5.95 Å². The molecule has 0 radical (unpaired) electrons. The zero-order valence-corrected chi connectivity index (χ0v) is 13.6. The highest BCUT2D eigenvalue weighted by Gasteiger charge is 2.15. The minimum atomic E-state index is 0.101. The predicted molar refractivity (Wildman–Crippen MR) is 94.6 cm³/mol. The molecule has 4 rings (SSSR count). The Bertz CT molecular complexity index is 1000. The summed E-state index contributed by atoms with van der Waals surface area (Å²) in [6.45, 7) is 2.12. The van der Waals surface area contributed by atoms with Crippen molar-refractivity contribution < 1.29 is 0 Å². The molecule has 0 saturated heterocycles. The predicted octanol–water partition coefficient (Wildman–Crippen LogP) is 3.33. The number of hydrogen-bond donors (Lipinski definition) is 2. The van der Waals surface area contributed by atoms with Crippen LogP contribution in [0, 0.1) is 0 Å². The Kier molecular flexibility index (Phi) is 3.16. The van der Waals surface area contributed by atoms with Crippen molar-refractivity contribution >= 4 is 44.2 Å². The first kappa shape index (κ1) is 14.0. The quantitative estimate of drug-likeness (QED) is 0.604. The molecule has 0 saturated carbocycles. The summed E-state index contributed by atoms with van der Waals surface area (Å²) in [5.74, 6) is 0.953. The third-order valence-electron chi connectivity index (χ3n) is 3.94. The van der Waals surface area contributed by atoms with E-state index in [1.54, 1.807) is 22.2 Å². The number of fused-ring (bicyclic) bond motifs is 2. The highest BCUT2D eigenvalue weighted by molar-refractivity contribution is 7.17. The third kappa shape index (κ3) is 2.29. The lowest BCUT2D eigenvalue weighted by Gasteiger charge is -2.15. The van der Waals surface area contributed by atoms with E-state index in [1.807, 2.05) is 7.05 Å². The molecule has 0 aliphatic heterocycles. The second kappa shape index (κ2) is 5.20. The van der Waals surface area contributed by atoms with Crippen LogP contribution in [-0.4, -0.2) is 19.7 Å². The molecule has 0 fully saturated rings. The molecule has 0 bridgehead atoms. The van der Waals surface area contributed by atoms with Gasteiger partial charge < -0.3 is 11.1 Å². The highest BCUT2D eigenvalue weighted by Crippen LogP contribution is 2.32. The van der Waals surface area contributed by atoms with Gasteiger partial charge in [-0.1, -0.05) is 18.2 Å². The molecule has 1 aromatic carbocycles. The summed E-state index contributed by atoms with van der Waals surface area (Å²) in [5, 5.41) is 12.0. The van der Waals surface area contributed by atoms with E-state index < -0.39 is 0 Å². The maximum atomic E-state index is 5.84. The van der Waals surface area contributed by atoms with Crippen molar-refractivity contribution in [2.75, 3.05) is 11.1 Å². The zero-order valence-electron chi connectivity index (χ0n) is 12.8. The van der Waals surface area contributed by atoms with Crippen LogP contribution in [0.25, 0.3) is 21.1 Å². The van der Waals surface area contributed by atoms with Gasteiger partial charge in [-0.15, -0.1) is 11.3 Å². The Morgan fingerprint density at radius 3 is 2.91 bits per heavy atom. The average Bonchev–Trinajstić information content (AvgIpc) is 3.12. The molecule has 0 unspecified atom stereocenters. The Morgan fingerprint density at radius 2 is 2.04 bits per heavy atom. The molecule has 3 aromatic heterocycles. The SMILES string of the molecule is C[C@@H](Nc1nc(N)nc2c1cnn2C)c1csc2ccccc12. The van der Waals surface area contributed by atoms with E-state index in [-0.39, 0.29) is 12.0 Å². The van der Waals surface area contributed by atoms with E-state index in [9.17, 15) is 0 Å². The molecule has 6 nitrogen and oxygen atoms in total. The van der Waals surface area contributed by atoms with Gasteiger partial charge in [-0.2, -0.15) is 15.1 Å². The van der Waals surface area contributed by atoms with Gasteiger partial charge in [0.1, 0.15) is 5.82 Å². The number of nitrogen functional groups attached to an aromatic ring is 1. The van der Waals surface area contributed by atoms with Crippen LogP contribution in [0.2, 0.25) is 0 Å². The van der Waals surface area contributed by atoms with Gasteiger partial charge in [-0.25, -0.2) is 0 Å². The van der Waals surface area contributed by atoms with E-state index in [1.165, 1.54) is 15.6 Å². The summed E-state index contributed by atoms with van der Waals surface area (Å²) < 4.78 is 2.98. The lowest BCUT2D eigenvalue weighted by molar-refractivity contribution is 0.786. The molecule has 3 heterocycles. The van der Waals surface area contributed by atoms with Crippen LogP contribution in [0.3, 0.4) is 0 Å². The van der Waals surface area contributed by atoms with Gasteiger partial charge >= 0.3 is 0 Å². The normalized spacial score (nSPS) is 12.8. The van der Waals surface area contributed by atoms with Crippen molar-refractivity contribution in [1.29, 1.82) is 0 Å². The van der Waals surface area contributed by atoms with Crippen LogP contribution in [-0.2, 0) is 7.05 Å². The number of nitrogens with one attached hydrogen (secondary N) is 1. The standard InChI is InChI=1S/C16H16N6S/c1-9(12-8-23-13-6-4-3-5-10(12)13)19-14-11-7-18-22(2)15(11)21-16(17)20-14/h3-9H,1-2H3,(H3,17,19,20,21)/t9-/m1/s1. The van der Waals surface area contributed by atoms with Crippen LogP contribution in [0.1, 0.15) is 18.5 Å². The minimum Gasteiger partial charge on any atom is -0.368 e. The molecule has 0 aliphatic carbocycles. The van der Waals surface area contributed by atoms with Crippen molar-refractivity contribution in [3.8, 4) is 0 Å². The van der Waals surface area contributed by atoms with E-state index in [0.717, 1.165) is 11.0 Å². The van der Waals surface area contributed by atoms with Crippen molar-refractivity contribution in [3.63, 3.8) is 0 Å². The summed E-state index contributed by atoms with van der Waals surface area (Å²) in [6.07, 6.45) is 1.76. The van der Waals surface area contributed by atoms with Crippen LogP contribution in [0.4, 0.5) is 11.8 Å². The number of thiophene rings is 1. The highest BCUT2D eigenvalue weighted by atomic mass is 32.1. The fourth-order valence-corrected chi connectivity index (χ4v) is 3.82. The lowest BCUT2D eigenvalue weighted by Crippen LogP contribution is -2.10. The van der Waals surface area contributed by atoms with E-state index in [0.29, 0.717) is 5.82 Å².